The number of amides is 1. The third kappa shape index (κ3) is 4.41. The van der Waals surface area contributed by atoms with Crippen LogP contribution in [0.15, 0.2) is 70.7 Å². The van der Waals surface area contributed by atoms with E-state index < -0.39 is 18.5 Å². The Hall–Kier alpha value is -3.72. The summed E-state index contributed by atoms with van der Waals surface area (Å²) in [5.41, 5.74) is 0.763. The molecule has 0 saturated heterocycles. The second-order valence-corrected chi connectivity index (χ2v) is 6.86. The maximum absolute atomic E-state index is 12.4. The topological polar surface area (TPSA) is 99.3 Å². The lowest BCUT2D eigenvalue weighted by molar-refractivity contribution is -0.124. The highest BCUT2D eigenvalue weighted by Crippen LogP contribution is 2.25. The summed E-state index contributed by atoms with van der Waals surface area (Å²) in [4.78, 5) is 29.5. The van der Waals surface area contributed by atoms with E-state index in [2.05, 4.69) is 15.4 Å². The summed E-state index contributed by atoms with van der Waals surface area (Å²) in [6.45, 7) is -0.222. The molecule has 0 bridgehead atoms. The number of para-hydroxylation sites is 1. The van der Waals surface area contributed by atoms with Gasteiger partial charge < -0.3 is 14.5 Å². The molecule has 0 spiro atoms. The number of furan rings is 1. The van der Waals surface area contributed by atoms with Gasteiger partial charge in [-0.3, -0.25) is 4.79 Å². The fourth-order valence-corrected chi connectivity index (χ4v) is 3.26. The van der Waals surface area contributed by atoms with Crippen molar-refractivity contribution in [1.82, 2.24) is 20.1 Å². The Kier molecular flexibility index (Phi) is 5.48. The van der Waals surface area contributed by atoms with Crippen molar-refractivity contribution in [2.75, 3.05) is 6.61 Å². The molecule has 4 aromatic rings. The number of carbonyl (C=O) groups excluding carboxylic acids is 2. The van der Waals surface area contributed by atoms with E-state index in [4.69, 9.17) is 9.15 Å². The van der Waals surface area contributed by atoms with Gasteiger partial charge in [0.1, 0.15) is 5.76 Å². The number of rotatable bonds is 7. The zero-order valence-electron chi connectivity index (χ0n) is 15.1. The van der Waals surface area contributed by atoms with Crippen molar-refractivity contribution in [3.05, 3.63) is 77.8 Å². The van der Waals surface area contributed by atoms with Crippen LogP contribution in [-0.4, -0.2) is 33.2 Å². The lowest BCUT2D eigenvalue weighted by atomic mass is 10.3. The second kappa shape index (κ2) is 8.53. The first-order valence-corrected chi connectivity index (χ1v) is 9.61. The summed E-state index contributed by atoms with van der Waals surface area (Å²) in [5.74, 6) is -0.202. The molecule has 0 aliphatic rings. The molecule has 3 aromatic heterocycles. The highest BCUT2D eigenvalue weighted by molar-refractivity contribution is 7.13. The summed E-state index contributed by atoms with van der Waals surface area (Å²) in [6, 6.07) is 16.6. The largest absolute Gasteiger partial charge is 0.467 e. The number of hydrogen-bond donors (Lipinski definition) is 1. The van der Waals surface area contributed by atoms with Gasteiger partial charge in [-0.1, -0.05) is 24.3 Å². The smallest absolute Gasteiger partial charge is 0.378 e. The minimum atomic E-state index is -0.773. The molecule has 146 valence electrons. The Bertz CT molecular complexity index is 1090. The summed E-state index contributed by atoms with van der Waals surface area (Å²) in [5, 5.41) is 8.81. The Labute approximate surface area is 169 Å². The Morgan fingerprint density at radius 2 is 1.97 bits per heavy atom. The quantitative estimate of drug-likeness (QED) is 0.472. The summed E-state index contributed by atoms with van der Waals surface area (Å²) >= 11 is 1.48. The molecule has 29 heavy (non-hydrogen) atoms. The monoisotopic (exact) mass is 408 g/mol. The highest BCUT2D eigenvalue weighted by Gasteiger charge is 2.21. The molecular formula is C20H16N4O4S. The van der Waals surface area contributed by atoms with E-state index in [0.29, 0.717) is 11.6 Å². The molecule has 1 N–H and O–H groups in total. The molecule has 1 aromatic carbocycles. The first-order chi connectivity index (χ1) is 14.2. The lowest BCUT2D eigenvalue weighted by Crippen LogP contribution is -2.28. The van der Waals surface area contributed by atoms with Gasteiger partial charge in [-0.25, -0.2) is 9.48 Å². The van der Waals surface area contributed by atoms with Crippen molar-refractivity contribution in [2.24, 2.45) is 0 Å². The number of esters is 1. The number of nitrogens with one attached hydrogen (secondary N) is 1. The molecule has 0 aliphatic carbocycles. The van der Waals surface area contributed by atoms with Crippen molar-refractivity contribution >= 4 is 23.2 Å². The van der Waals surface area contributed by atoms with Crippen molar-refractivity contribution in [1.29, 1.82) is 0 Å². The normalized spacial score (nSPS) is 10.6. The molecular weight excluding hydrogens is 392 g/mol. The number of benzene rings is 1. The number of carbonyl (C=O) groups is 2. The van der Waals surface area contributed by atoms with Gasteiger partial charge in [0.2, 0.25) is 0 Å². The van der Waals surface area contributed by atoms with E-state index in [1.165, 1.54) is 17.6 Å². The van der Waals surface area contributed by atoms with E-state index >= 15 is 0 Å². The molecule has 0 atom stereocenters. The van der Waals surface area contributed by atoms with E-state index in [1.807, 2.05) is 47.8 Å². The average molecular weight is 408 g/mol. The maximum atomic E-state index is 12.4. The number of ether oxygens (including phenoxy) is 1. The third-order valence-corrected chi connectivity index (χ3v) is 4.77. The molecule has 0 fully saturated rings. The van der Waals surface area contributed by atoms with Gasteiger partial charge in [0.25, 0.3) is 11.7 Å². The van der Waals surface area contributed by atoms with Crippen LogP contribution < -0.4 is 5.32 Å². The van der Waals surface area contributed by atoms with Gasteiger partial charge in [0.05, 0.1) is 23.4 Å². The zero-order valence-corrected chi connectivity index (χ0v) is 16.0. The van der Waals surface area contributed by atoms with Crippen LogP contribution >= 0.6 is 11.3 Å². The third-order valence-electron chi connectivity index (χ3n) is 3.91. The standard InChI is InChI=1S/C20H16N4O4S/c25-17(21-12-15-8-4-10-27-15)13-28-20(26)18-22-19(16-9-5-11-29-16)24(23-18)14-6-2-1-3-7-14/h1-11H,12-13H2,(H,21,25). The SMILES string of the molecule is O=C(COC(=O)c1nc(-c2cccs2)n(-c2ccccc2)n1)NCc1ccco1. The number of hydrogen-bond acceptors (Lipinski definition) is 7. The van der Waals surface area contributed by atoms with Crippen LogP contribution in [0.5, 0.6) is 0 Å². The van der Waals surface area contributed by atoms with Crippen molar-refractivity contribution in [3.63, 3.8) is 0 Å². The van der Waals surface area contributed by atoms with Gasteiger partial charge in [-0.2, -0.15) is 4.98 Å². The van der Waals surface area contributed by atoms with Gasteiger partial charge in [0, 0.05) is 0 Å². The Morgan fingerprint density at radius 3 is 2.69 bits per heavy atom. The van der Waals surface area contributed by atoms with Crippen LogP contribution in [0.2, 0.25) is 0 Å². The van der Waals surface area contributed by atoms with Crippen molar-refractivity contribution in [3.8, 4) is 16.4 Å². The summed E-state index contributed by atoms with van der Waals surface area (Å²) in [6.07, 6.45) is 1.52. The van der Waals surface area contributed by atoms with Gasteiger partial charge in [-0.05, 0) is 35.7 Å². The first kappa shape index (κ1) is 18.6. The van der Waals surface area contributed by atoms with Crippen molar-refractivity contribution in [2.45, 2.75) is 6.54 Å². The van der Waals surface area contributed by atoms with Crippen LogP contribution in [0.1, 0.15) is 16.4 Å². The predicted octanol–water partition coefficient (Wildman–Crippen LogP) is 3.06. The van der Waals surface area contributed by atoms with Crippen LogP contribution in [0.25, 0.3) is 16.4 Å². The summed E-state index contributed by atoms with van der Waals surface area (Å²) < 4.78 is 11.8. The molecule has 3 heterocycles. The molecule has 0 saturated carbocycles. The Morgan fingerprint density at radius 1 is 1.10 bits per heavy atom. The minimum Gasteiger partial charge on any atom is -0.467 e. The van der Waals surface area contributed by atoms with Crippen LogP contribution in [-0.2, 0) is 16.1 Å². The van der Waals surface area contributed by atoms with Gasteiger partial charge >= 0.3 is 5.97 Å². The predicted molar refractivity (Wildman–Crippen MR) is 106 cm³/mol. The number of thiophene rings is 1. The molecule has 0 radical (unpaired) electrons. The van der Waals surface area contributed by atoms with E-state index in [9.17, 15) is 9.59 Å². The zero-order chi connectivity index (χ0) is 20.1. The van der Waals surface area contributed by atoms with Crippen LogP contribution in [0.3, 0.4) is 0 Å². The van der Waals surface area contributed by atoms with Gasteiger partial charge in [-0.15, -0.1) is 16.4 Å². The molecule has 1 amide bonds. The van der Waals surface area contributed by atoms with E-state index in [1.54, 1.807) is 16.8 Å². The highest BCUT2D eigenvalue weighted by atomic mass is 32.1. The molecule has 8 nitrogen and oxygen atoms in total. The number of nitrogens with zero attached hydrogens (tertiary/aromatic N) is 3. The van der Waals surface area contributed by atoms with Crippen LogP contribution in [0, 0.1) is 0 Å². The molecule has 0 unspecified atom stereocenters. The van der Waals surface area contributed by atoms with E-state index in [-0.39, 0.29) is 12.4 Å². The van der Waals surface area contributed by atoms with Crippen molar-refractivity contribution < 1.29 is 18.7 Å². The van der Waals surface area contributed by atoms with E-state index in [0.717, 1.165) is 10.6 Å². The average Bonchev–Trinajstić information content (AvgIpc) is 3.52. The maximum Gasteiger partial charge on any atom is 0.378 e. The second-order valence-electron chi connectivity index (χ2n) is 5.92. The first-order valence-electron chi connectivity index (χ1n) is 8.73. The number of aromatic nitrogens is 3. The molecule has 9 heteroatoms. The lowest BCUT2D eigenvalue weighted by Gasteiger charge is -2.04. The van der Waals surface area contributed by atoms with Crippen LogP contribution in [0.4, 0.5) is 0 Å². The molecule has 4 rings (SSSR count). The molecule has 0 aliphatic heterocycles. The Balaban J connectivity index is 1.46. The van der Waals surface area contributed by atoms with Gasteiger partial charge in [0.15, 0.2) is 12.4 Å². The fraction of sp³-hybridized carbons (Fsp3) is 0.100. The fourth-order valence-electron chi connectivity index (χ4n) is 2.56. The summed E-state index contributed by atoms with van der Waals surface area (Å²) in [7, 11) is 0. The minimum absolute atomic E-state index is 0.115.